The minimum Gasteiger partial charge on any atom is -0.314 e. The van der Waals surface area contributed by atoms with Crippen LogP contribution >= 0.6 is 0 Å². The van der Waals surface area contributed by atoms with Crippen LogP contribution in [0.1, 0.15) is 6.42 Å². The van der Waals surface area contributed by atoms with Crippen molar-refractivity contribution in [3.05, 3.63) is 12.4 Å². The van der Waals surface area contributed by atoms with Gasteiger partial charge in [0.05, 0.1) is 17.8 Å². The Morgan fingerprint density at radius 1 is 1.33 bits per heavy atom. The molecule has 2 saturated heterocycles. The average Bonchev–Trinajstić information content (AvgIpc) is 2.90. The molecular formula is C11H12N6O. The van der Waals surface area contributed by atoms with E-state index in [-0.39, 0.29) is 11.3 Å². The van der Waals surface area contributed by atoms with Crippen molar-refractivity contribution in [2.45, 2.75) is 6.42 Å². The molecule has 4 rings (SSSR count). The van der Waals surface area contributed by atoms with Crippen molar-refractivity contribution in [2.24, 2.45) is 5.41 Å². The highest BCUT2D eigenvalue weighted by Crippen LogP contribution is 2.37. The number of anilines is 1. The maximum atomic E-state index is 12.4. The van der Waals surface area contributed by atoms with Crippen LogP contribution in [0.3, 0.4) is 0 Å². The Morgan fingerprint density at radius 2 is 2.22 bits per heavy atom. The molecule has 0 radical (unpaired) electrons. The highest BCUT2D eigenvalue weighted by Gasteiger charge is 2.51. The Morgan fingerprint density at radius 3 is 2.94 bits per heavy atom. The fourth-order valence-electron chi connectivity index (χ4n) is 2.64. The Hall–Kier alpha value is -2.02. The van der Waals surface area contributed by atoms with E-state index in [9.17, 15) is 4.79 Å². The minimum absolute atomic E-state index is 0.161. The monoisotopic (exact) mass is 244 g/mol. The molecule has 7 heteroatoms. The summed E-state index contributed by atoms with van der Waals surface area (Å²) in [4.78, 5) is 22.7. The summed E-state index contributed by atoms with van der Waals surface area (Å²) >= 11 is 0. The zero-order chi connectivity index (χ0) is 12.2. The molecule has 2 fully saturated rings. The normalized spacial score (nSPS) is 21.8. The van der Waals surface area contributed by atoms with Gasteiger partial charge in [0.25, 0.3) is 0 Å². The summed E-state index contributed by atoms with van der Waals surface area (Å²) < 4.78 is 0. The molecule has 1 spiro atoms. The predicted octanol–water partition coefficient (Wildman–Crippen LogP) is -0.321. The second kappa shape index (κ2) is 3.26. The van der Waals surface area contributed by atoms with Crippen LogP contribution in [0.5, 0.6) is 0 Å². The number of rotatable bonds is 1. The van der Waals surface area contributed by atoms with E-state index in [4.69, 9.17) is 0 Å². The minimum atomic E-state index is -0.190. The summed E-state index contributed by atoms with van der Waals surface area (Å²) in [5.74, 6) is 0.773. The molecule has 0 saturated carbocycles. The topological polar surface area (TPSA) is 86.8 Å². The molecule has 2 aromatic heterocycles. The lowest BCUT2D eigenvalue weighted by molar-refractivity contribution is -0.127. The quantitative estimate of drug-likeness (QED) is 0.718. The van der Waals surface area contributed by atoms with E-state index in [0.29, 0.717) is 17.0 Å². The van der Waals surface area contributed by atoms with E-state index >= 15 is 0 Å². The summed E-state index contributed by atoms with van der Waals surface area (Å²) in [5, 5.41) is 9.83. The molecule has 1 amide bonds. The van der Waals surface area contributed by atoms with E-state index in [2.05, 4.69) is 25.5 Å². The Kier molecular flexibility index (Phi) is 1.80. The van der Waals surface area contributed by atoms with Gasteiger partial charge in [0, 0.05) is 19.6 Å². The van der Waals surface area contributed by atoms with Crippen molar-refractivity contribution in [1.82, 2.24) is 25.5 Å². The average molecular weight is 244 g/mol. The van der Waals surface area contributed by atoms with Gasteiger partial charge in [-0.1, -0.05) is 0 Å². The first-order chi connectivity index (χ1) is 8.78. The van der Waals surface area contributed by atoms with E-state index in [1.54, 1.807) is 17.3 Å². The van der Waals surface area contributed by atoms with E-state index in [1.807, 2.05) is 0 Å². The molecule has 2 aliphatic rings. The number of hydrogen-bond donors (Lipinski definition) is 2. The fraction of sp³-hybridized carbons (Fsp3) is 0.455. The fourth-order valence-corrected chi connectivity index (χ4v) is 2.64. The van der Waals surface area contributed by atoms with Crippen LogP contribution in [0.15, 0.2) is 12.4 Å². The highest BCUT2D eigenvalue weighted by atomic mass is 16.2. The molecular weight excluding hydrogens is 232 g/mol. The molecule has 2 aromatic rings. The SMILES string of the molecule is O=C1N(c2cnc3cn[nH]c3n2)CCC12CNC2. The van der Waals surface area contributed by atoms with Gasteiger partial charge in [-0.3, -0.25) is 14.8 Å². The highest BCUT2D eigenvalue weighted by molar-refractivity contribution is 6.00. The number of aromatic amines is 1. The summed E-state index contributed by atoms with van der Waals surface area (Å²) in [6, 6.07) is 0. The lowest BCUT2D eigenvalue weighted by atomic mass is 9.80. The molecule has 2 N–H and O–H groups in total. The first kappa shape index (κ1) is 9.95. The van der Waals surface area contributed by atoms with Crippen LogP contribution in [0.4, 0.5) is 5.82 Å². The lowest BCUT2D eigenvalue weighted by Crippen LogP contribution is -2.57. The number of hydrogen-bond acceptors (Lipinski definition) is 5. The van der Waals surface area contributed by atoms with Crippen molar-refractivity contribution in [3.8, 4) is 0 Å². The number of nitrogens with one attached hydrogen (secondary N) is 2. The van der Waals surface area contributed by atoms with Gasteiger partial charge in [-0.25, -0.2) is 9.97 Å². The third kappa shape index (κ3) is 1.16. The third-order valence-corrected chi connectivity index (χ3v) is 3.86. The lowest BCUT2D eigenvalue weighted by Gasteiger charge is -2.36. The van der Waals surface area contributed by atoms with Crippen molar-refractivity contribution in [3.63, 3.8) is 0 Å². The number of fused-ring (bicyclic) bond motifs is 1. The van der Waals surface area contributed by atoms with Crippen molar-refractivity contribution >= 4 is 22.9 Å². The molecule has 7 nitrogen and oxygen atoms in total. The van der Waals surface area contributed by atoms with Crippen LogP contribution in [0, 0.1) is 5.41 Å². The van der Waals surface area contributed by atoms with Gasteiger partial charge < -0.3 is 5.32 Å². The molecule has 4 heterocycles. The maximum absolute atomic E-state index is 12.4. The van der Waals surface area contributed by atoms with Crippen molar-refractivity contribution < 1.29 is 4.79 Å². The van der Waals surface area contributed by atoms with Gasteiger partial charge in [0.1, 0.15) is 5.52 Å². The van der Waals surface area contributed by atoms with Gasteiger partial charge in [0.2, 0.25) is 5.91 Å². The van der Waals surface area contributed by atoms with Gasteiger partial charge >= 0.3 is 0 Å². The number of aromatic nitrogens is 4. The smallest absolute Gasteiger partial charge is 0.237 e. The Labute approximate surface area is 103 Å². The molecule has 2 aliphatic heterocycles. The number of carbonyl (C=O) groups is 1. The largest absolute Gasteiger partial charge is 0.314 e. The van der Waals surface area contributed by atoms with Crippen LogP contribution < -0.4 is 10.2 Å². The molecule has 0 unspecified atom stereocenters. The summed E-state index contributed by atoms with van der Waals surface area (Å²) in [6.45, 7) is 2.28. The summed E-state index contributed by atoms with van der Waals surface area (Å²) in [6.07, 6.45) is 4.15. The molecule has 0 aromatic carbocycles. The molecule has 92 valence electrons. The second-order valence-electron chi connectivity index (χ2n) is 4.92. The Bertz CT molecular complexity index is 631. The van der Waals surface area contributed by atoms with Crippen LogP contribution in [0.2, 0.25) is 0 Å². The van der Waals surface area contributed by atoms with E-state index < -0.39 is 0 Å². The summed E-state index contributed by atoms with van der Waals surface area (Å²) in [7, 11) is 0. The van der Waals surface area contributed by atoms with Crippen LogP contribution in [-0.4, -0.2) is 45.7 Å². The van der Waals surface area contributed by atoms with Gasteiger partial charge in [-0.05, 0) is 6.42 Å². The number of H-pyrrole nitrogens is 1. The zero-order valence-corrected chi connectivity index (χ0v) is 9.68. The molecule has 18 heavy (non-hydrogen) atoms. The standard InChI is InChI=1S/C11H12N6O/c18-10-11(5-12-6-11)1-2-17(10)8-4-13-7-3-14-16-9(7)15-8/h3-4,12H,1-2,5-6H2,(H,14,15,16). The molecule has 0 aliphatic carbocycles. The second-order valence-corrected chi connectivity index (χ2v) is 4.92. The maximum Gasteiger partial charge on any atom is 0.237 e. The number of nitrogens with zero attached hydrogens (tertiary/aromatic N) is 4. The van der Waals surface area contributed by atoms with Crippen LogP contribution in [-0.2, 0) is 4.79 Å². The Balaban J connectivity index is 1.72. The van der Waals surface area contributed by atoms with Crippen molar-refractivity contribution in [2.75, 3.05) is 24.5 Å². The molecule has 0 bridgehead atoms. The first-order valence-electron chi connectivity index (χ1n) is 5.97. The van der Waals surface area contributed by atoms with Crippen molar-refractivity contribution in [1.29, 1.82) is 0 Å². The van der Waals surface area contributed by atoms with Gasteiger partial charge in [-0.2, -0.15) is 5.10 Å². The predicted molar refractivity (Wildman–Crippen MR) is 64.0 cm³/mol. The number of amides is 1. The molecule has 0 atom stereocenters. The van der Waals surface area contributed by atoms with E-state index in [1.165, 1.54) is 0 Å². The number of carbonyl (C=O) groups excluding carboxylic acids is 1. The zero-order valence-electron chi connectivity index (χ0n) is 9.68. The van der Waals surface area contributed by atoms with E-state index in [0.717, 1.165) is 26.1 Å². The van der Waals surface area contributed by atoms with Crippen LogP contribution in [0.25, 0.3) is 11.2 Å². The summed E-state index contributed by atoms with van der Waals surface area (Å²) in [5.41, 5.74) is 1.14. The van der Waals surface area contributed by atoms with Gasteiger partial charge in [0.15, 0.2) is 11.5 Å². The third-order valence-electron chi connectivity index (χ3n) is 3.86. The first-order valence-corrected chi connectivity index (χ1v) is 5.97. The van der Waals surface area contributed by atoms with Gasteiger partial charge in [-0.15, -0.1) is 0 Å².